The molecule has 1 aliphatic rings. The molecule has 0 amide bonds. The van der Waals surface area contributed by atoms with Crippen molar-refractivity contribution in [3.8, 4) is 0 Å². The van der Waals surface area contributed by atoms with Crippen molar-refractivity contribution in [2.75, 3.05) is 12.3 Å². The Hall–Kier alpha value is -2.29. The van der Waals surface area contributed by atoms with E-state index in [0.29, 0.717) is 11.2 Å². The van der Waals surface area contributed by atoms with E-state index < -0.39 is 24.5 Å². The van der Waals surface area contributed by atoms with Gasteiger partial charge >= 0.3 is 5.97 Å². The van der Waals surface area contributed by atoms with Gasteiger partial charge in [0.15, 0.2) is 17.7 Å². The Kier molecular flexibility index (Phi) is 3.42. The largest absolute Gasteiger partial charge is 0.463 e. The van der Waals surface area contributed by atoms with Crippen molar-refractivity contribution in [1.82, 2.24) is 19.5 Å². The smallest absolute Gasteiger partial charge is 0.302 e. The minimum atomic E-state index is -1.25. The number of ether oxygens (including phenoxy) is 2. The van der Waals surface area contributed by atoms with E-state index >= 15 is 0 Å². The molecule has 3 heterocycles. The standard InChI is InChI=1S/C12H14FN5O3/c1-6(19)20-3-7-2-8(13)12(21-7)18-5-17-9-10(14)15-4-16-11(9)18/h4-5,7-8,12H,2-3H2,1H3,(H2,14,15,16). The van der Waals surface area contributed by atoms with Crippen LogP contribution in [-0.2, 0) is 14.3 Å². The first-order chi connectivity index (χ1) is 10.1. The zero-order valence-corrected chi connectivity index (χ0v) is 11.3. The number of fused-ring (bicyclic) bond motifs is 1. The minimum Gasteiger partial charge on any atom is -0.463 e. The first kappa shape index (κ1) is 13.7. The number of hydrogen-bond acceptors (Lipinski definition) is 7. The maximum atomic E-state index is 14.2. The van der Waals surface area contributed by atoms with Gasteiger partial charge in [-0.25, -0.2) is 19.3 Å². The van der Waals surface area contributed by atoms with Gasteiger partial charge in [-0.3, -0.25) is 9.36 Å². The third kappa shape index (κ3) is 2.51. The molecule has 9 heteroatoms. The van der Waals surface area contributed by atoms with Crippen LogP contribution < -0.4 is 5.73 Å². The lowest BCUT2D eigenvalue weighted by Gasteiger charge is -2.15. The zero-order valence-electron chi connectivity index (χ0n) is 11.3. The highest BCUT2D eigenvalue weighted by Gasteiger charge is 2.38. The molecule has 8 nitrogen and oxygen atoms in total. The Bertz CT molecular complexity index is 676. The normalized spacial score (nSPS) is 25.3. The number of nitrogens with zero attached hydrogens (tertiary/aromatic N) is 4. The molecule has 0 aliphatic carbocycles. The van der Waals surface area contributed by atoms with Gasteiger partial charge in [0.25, 0.3) is 0 Å². The van der Waals surface area contributed by atoms with E-state index in [4.69, 9.17) is 15.2 Å². The second-order valence-electron chi connectivity index (χ2n) is 4.79. The fourth-order valence-corrected chi connectivity index (χ4v) is 2.32. The number of aromatic nitrogens is 4. The molecule has 3 rings (SSSR count). The molecule has 1 fully saturated rings. The molecule has 0 spiro atoms. The van der Waals surface area contributed by atoms with Gasteiger partial charge in [-0.2, -0.15) is 0 Å². The number of nitrogens with two attached hydrogens (primary N) is 1. The number of nitrogen functional groups attached to an aromatic ring is 1. The topological polar surface area (TPSA) is 105 Å². The molecule has 1 saturated heterocycles. The molecule has 1 aliphatic heterocycles. The van der Waals surface area contributed by atoms with Crippen molar-refractivity contribution in [3.63, 3.8) is 0 Å². The van der Waals surface area contributed by atoms with Crippen molar-refractivity contribution >= 4 is 23.0 Å². The van der Waals surface area contributed by atoms with Crippen molar-refractivity contribution in [2.24, 2.45) is 0 Å². The summed E-state index contributed by atoms with van der Waals surface area (Å²) in [5.41, 5.74) is 6.50. The Morgan fingerprint density at radius 1 is 1.57 bits per heavy atom. The number of halogens is 1. The summed E-state index contributed by atoms with van der Waals surface area (Å²) in [5.74, 6) is -0.199. The molecule has 21 heavy (non-hydrogen) atoms. The number of imidazole rings is 1. The number of esters is 1. The van der Waals surface area contributed by atoms with Crippen molar-refractivity contribution in [3.05, 3.63) is 12.7 Å². The van der Waals surface area contributed by atoms with Crippen LogP contribution in [0.2, 0.25) is 0 Å². The number of rotatable bonds is 3. The number of carbonyl (C=O) groups is 1. The van der Waals surface area contributed by atoms with Crippen LogP contribution in [0.3, 0.4) is 0 Å². The van der Waals surface area contributed by atoms with Gasteiger partial charge in [0.2, 0.25) is 0 Å². The van der Waals surface area contributed by atoms with Crippen molar-refractivity contribution in [2.45, 2.75) is 31.8 Å². The Morgan fingerprint density at radius 2 is 2.38 bits per heavy atom. The molecule has 0 bridgehead atoms. The third-order valence-corrected chi connectivity index (χ3v) is 3.26. The minimum absolute atomic E-state index is 0.0238. The number of anilines is 1. The summed E-state index contributed by atoms with van der Waals surface area (Å²) in [6.45, 7) is 1.32. The highest BCUT2D eigenvalue weighted by atomic mass is 19.1. The van der Waals surface area contributed by atoms with Gasteiger partial charge in [0.05, 0.1) is 12.4 Å². The lowest BCUT2D eigenvalue weighted by atomic mass is 10.2. The number of hydrogen-bond donors (Lipinski definition) is 1. The van der Waals surface area contributed by atoms with E-state index in [9.17, 15) is 9.18 Å². The molecule has 112 valence electrons. The fourth-order valence-electron chi connectivity index (χ4n) is 2.32. The Morgan fingerprint density at radius 3 is 3.14 bits per heavy atom. The SMILES string of the molecule is CC(=O)OCC1CC(F)C(n2cnc3c(N)ncnc32)O1. The van der Waals surface area contributed by atoms with Crippen molar-refractivity contribution in [1.29, 1.82) is 0 Å². The summed E-state index contributed by atoms with van der Waals surface area (Å²) in [6.07, 6.45) is 0.225. The first-order valence-corrected chi connectivity index (χ1v) is 6.42. The van der Waals surface area contributed by atoms with E-state index in [1.807, 2.05) is 0 Å². The molecule has 2 N–H and O–H groups in total. The van der Waals surface area contributed by atoms with Gasteiger partial charge in [-0.15, -0.1) is 0 Å². The molecule has 3 unspecified atom stereocenters. The molecular weight excluding hydrogens is 281 g/mol. The molecule has 0 aromatic carbocycles. The summed E-state index contributed by atoms with van der Waals surface area (Å²) in [6, 6.07) is 0. The van der Waals surface area contributed by atoms with Gasteiger partial charge in [-0.1, -0.05) is 0 Å². The number of carbonyl (C=O) groups excluding carboxylic acids is 1. The summed E-state index contributed by atoms with van der Waals surface area (Å²) in [5, 5.41) is 0. The van der Waals surface area contributed by atoms with Crippen LogP contribution in [-0.4, -0.2) is 44.4 Å². The maximum absolute atomic E-state index is 14.2. The molecular formula is C12H14FN5O3. The lowest BCUT2D eigenvalue weighted by molar-refractivity contribution is -0.145. The van der Waals surface area contributed by atoms with Gasteiger partial charge in [-0.05, 0) is 0 Å². The maximum Gasteiger partial charge on any atom is 0.302 e. The number of alkyl halides is 1. The predicted octanol–water partition coefficient (Wildman–Crippen LogP) is 0.597. The summed E-state index contributed by atoms with van der Waals surface area (Å²) < 4.78 is 26.1. The molecule has 0 saturated carbocycles. The highest BCUT2D eigenvalue weighted by molar-refractivity contribution is 5.81. The first-order valence-electron chi connectivity index (χ1n) is 6.42. The summed E-state index contributed by atoms with van der Waals surface area (Å²) >= 11 is 0. The van der Waals surface area contributed by atoms with Gasteiger partial charge in [0.1, 0.15) is 24.6 Å². The average Bonchev–Trinajstić information content (AvgIpc) is 3.01. The summed E-state index contributed by atoms with van der Waals surface area (Å²) in [4.78, 5) is 22.8. The molecule has 2 aromatic heterocycles. The second-order valence-corrected chi connectivity index (χ2v) is 4.79. The molecule has 3 atom stereocenters. The van der Waals surface area contributed by atoms with Crippen LogP contribution in [0.5, 0.6) is 0 Å². The van der Waals surface area contributed by atoms with E-state index in [1.165, 1.54) is 24.1 Å². The fraction of sp³-hybridized carbons (Fsp3) is 0.500. The van der Waals surface area contributed by atoms with Crippen LogP contribution in [0.25, 0.3) is 11.2 Å². The van der Waals surface area contributed by atoms with E-state index in [0.717, 1.165) is 0 Å². The second kappa shape index (κ2) is 5.24. The average molecular weight is 295 g/mol. The predicted molar refractivity (Wildman–Crippen MR) is 69.8 cm³/mol. The van der Waals surface area contributed by atoms with Crippen LogP contribution in [0.1, 0.15) is 19.6 Å². The van der Waals surface area contributed by atoms with Gasteiger partial charge < -0.3 is 15.2 Å². The zero-order chi connectivity index (χ0) is 15.0. The van der Waals surface area contributed by atoms with E-state index in [2.05, 4.69) is 15.0 Å². The van der Waals surface area contributed by atoms with E-state index in [-0.39, 0.29) is 18.8 Å². The van der Waals surface area contributed by atoms with Crippen molar-refractivity contribution < 1.29 is 18.7 Å². The quantitative estimate of drug-likeness (QED) is 0.826. The third-order valence-electron chi connectivity index (χ3n) is 3.26. The molecule has 0 radical (unpaired) electrons. The van der Waals surface area contributed by atoms with Crippen LogP contribution in [0.4, 0.5) is 10.2 Å². The molecule has 2 aromatic rings. The summed E-state index contributed by atoms with van der Waals surface area (Å²) in [7, 11) is 0. The lowest BCUT2D eigenvalue weighted by Crippen LogP contribution is -2.18. The Balaban J connectivity index is 1.82. The van der Waals surface area contributed by atoms with E-state index in [1.54, 1.807) is 0 Å². The highest BCUT2D eigenvalue weighted by Crippen LogP contribution is 2.33. The van der Waals surface area contributed by atoms with Crippen LogP contribution in [0.15, 0.2) is 12.7 Å². The monoisotopic (exact) mass is 295 g/mol. The van der Waals surface area contributed by atoms with Gasteiger partial charge in [0, 0.05) is 13.3 Å². The van der Waals surface area contributed by atoms with Crippen LogP contribution in [0, 0.1) is 0 Å². The van der Waals surface area contributed by atoms with Crippen LogP contribution >= 0.6 is 0 Å². The Labute approximate surface area is 119 Å².